The molecule has 3 rings (SSSR count). The minimum atomic E-state index is -0.662. The van der Waals surface area contributed by atoms with Crippen molar-refractivity contribution in [2.75, 3.05) is 13.2 Å². The highest BCUT2D eigenvalue weighted by atomic mass is 79.9. The Morgan fingerprint density at radius 2 is 1.53 bits per heavy atom. The lowest BCUT2D eigenvalue weighted by atomic mass is 10.0. The van der Waals surface area contributed by atoms with Crippen LogP contribution >= 0.6 is 15.9 Å². The van der Waals surface area contributed by atoms with Crippen molar-refractivity contribution in [1.29, 1.82) is 0 Å². The number of nitrogens with zero attached hydrogens (tertiary/aromatic N) is 1. The molecule has 0 spiro atoms. The van der Waals surface area contributed by atoms with E-state index in [-0.39, 0.29) is 18.4 Å². The van der Waals surface area contributed by atoms with Gasteiger partial charge in [-0.2, -0.15) is 0 Å². The average Bonchev–Trinajstić information content (AvgIpc) is 2.87. The molecule has 0 heterocycles. The average molecular weight is 523 g/mol. The molecule has 1 atom stereocenters. The van der Waals surface area contributed by atoms with Gasteiger partial charge in [-0.15, -0.1) is 0 Å². The molecule has 178 valence electrons. The van der Waals surface area contributed by atoms with Gasteiger partial charge < -0.3 is 15.0 Å². The summed E-state index contributed by atoms with van der Waals surface area (Å²) in [5, 5.41) is 2.90. The van der Waals surface area contributed by atoms with Crippen molar-refractivity contribution in [3.8, 4) is 5.75 Å². The van der Waals surface area contributed by atoms with Gasteiger partial charge in [0.1, 0.15) is 11.8 Å². The Bertz CT molecular complexity index is 1050. The smallest absolute Gasteiger partial charge is 0.261 e. The molecule has 3 aromatic carbocycles. The van der Waals surface area contributed by atoms with Crippen molar-refractivity contribution in [2.45, 2.75) is 39.3 Å². The van der Waals surface area contributed by atoms with Crippen molar-refractivity contribution in [2.24, 2.45) is 0 Å². The van der Waals surface area contributed by atoms with E-state index < -0.39 is 6.04 Å². The first-order valence-electron chi connectivity index (χ1n) is 11.6. The molecule has 0 fully saturated rings. The number of ether oxygens (including phenoxy) is 1. The summed E-state index contributed by atoms with van der Waals surface area (Å²) < 4.78 is 6.77. The standard InChI is InChI=1S/C28H31BrN2O3/c1-3-21-12-16-25(17-13-21)34-20-27(32)31(19-23-10-14-24(29)15-11-23)26(28(33)30-4-2)18-22-8-6-5-7-9-22/h5-17,26H,3-4,18-20H2,1-2H3,(H,30,33)/t26-/m0/s1. The summed E-state index contributed by atoms with van der Waals surface area (Å²) in [6, 6.07) is 24.6. The molecule has 0 saturated heterocycles. The van der Waals surface area contributed by atoms with Gasteiger partial charge in [0, 0.05) is 24.0 Å². The van der Waals surface area contributed by atoms with Crippen LogP contribution < -0.4 is 10.1 Å². The summed E-state index contributed by atoms with van der Waals surface area (Å²) in [5.41, 5.74) is 3.13. The third-order valence-electron chi connectivity index (χ3n) is 5.58. The number of likely N-dealkylation sites (N-methyl/N-ethyl adjacent to an activating group) is 1. The molecular weight excluding hydrogens is 492 g/mol. The number of aryl methyl sites for hydroxylation is 1. The topological polar surface area (TPSA) is 58.6 Å². The molecule has 3 aromatic rings. The van der Waals surface area contributed by atoms with Crippen molar-refractivity contribution in [3.05, 3.63) is 100 Å². The molecule has 2 amide bonds. The summed E-state index contributed by atoms with van der Waals surface area (Å²) in [6.45, 7) is 4.62. The zero-order chi connectivity index (χ0) is 24.3. The molecule has 0 saturated carbocycles. The Hall–Kier alpha value is -3.12. The maximum atomic E-state index is 13.5. The maximum absolute atomic E-state index is 13.5. The molecule has 0 unspecified atom stereocenters. The SMILES string of the molecule is CCNC(=O)[C@H](Cc1ccccc1)N(Cc1ccc(Br)cc1)C(=O)COc1ccc(CC)cc1. The van der Waals surface area contributed by atoms with Crippen LogP contribution in [-0.4, -0.2) is 35.9 Å². The fourth-order valence-electron chi connectivity index (χ4n) is 3.68. The summed E-state index contributed by atoms with van der Waals surface area (Å²) in [6.07, 6.45) is 1.36. The second-order valence-electron chi connectivity index (χ2n) is 8.03. The highest BCUT2D eigenvalue weighted by molar-refractivity contribution is 9.10. The fraction of sp³-hybridized carbons (Fsp3) is 0.286. The van der Waals surface area contributed by atoms with Crippen LogP contribution in [0.5, 0.6) is 5.75 Å². The van der Waals surface area contributed by atoms with Crippen molar-refractivity contribution in [3.63, 3.8) is 0 Å². The van der Waals surface area contributed by atoms with Gasteiger partial charge in [0.05, 0.1) is 0 Å². The number of hydrogen-bond acceptors (Lipinski definition) is 3. The fourth-order valence-corrected chi connectivity index (χ4v) is 3.95. The quantitative estimate of drug-likeness (QED) is 0.378. The highest BCUT2D eigenvalue weighted by Crippen LogP contribution is 2.18. The lowest BCUT2D eigenvalue weighted by molar-refractivity contribution is -0.142. The van der Waals surface area contributed by atoms with E-state index in [9.17, 15) is 9.59 Å². The second kappa shape index (κ2) is 12.9. The second-order valence-corrected chi connectivity index (χ2v) is 8.95. The molecule has 0 aromatic heterocycles. The first-order chi connectivity index (χ1) is 16.5. The van der Waals surface area contributed by atoms with Gasteiger partial charge >= 0.3 is 0 Å². The number of nitrogens with one attached hydrogen (secondary N) is 1. The van der Waals surface area contributed by atoms with Crippen molar-refractivity contribution < 1.29 is 14.3 Å². The minimum absolute atomic E-state index is 0.146. The van der Waals surface area contributed by atoms with Gasteiger partial charge in [-0.05, 0) is 54.3 Å². The Kier molecular flexibility index (Phi) is 9.71. The minimum Gasteiger partial charge on any atom is -0.484 e. The number of hydrogen-bond donors (Lipinski definition) is 1. The van der Waals surface area contributed by atoms with E-state index in [4.69, 9.17) is 4.74 Å². The van der Waals surface area contributed by atoms with E-state index in [0.717, 1.165) is 22.0 Å². The number of benzene rings is 3. The van der Waals surface area contributed by atoms with E-state index in [1.807, 2.05) is 85.8 Å². The normalized spacial score (nSPS) is 11.5. The molecule has 0 radical (unpaired) electrons. The van der Waals surface area contributed by atoms with Crippen molar-refractivity contribution in [1.82, 2.24) is 10.2 Å². The van der Waals surface area contributed by atoms with Gasteiger partial charge in [0.2, 0.25) is 5.91 Å². The van der Waals surface area contributed by atoms with Crippen LogP contribution in [0.4, 0.5) is 0 Å². The Balaban J connectivity index is 1.85. The zero-order valence-corrected chi connectivity index (χ0v) is 21.3. The Morgan fingerprint density at radius 3 is 2.15 bits per heavy atom. The molecule has 5 nitrogen and oxygen atoms in total. The summed E-state index contributed by atoms with van der Waals surface area (Å²) in [5.74, 6) is 0.213. The third kappa shape index (κ3) is 7.45. The largest absolute Gasteiger partial charge is 0.484 e. The van der Waals surface area contributed by atoms with Crippen molar-refractivity contribution >= 4 is 27.7 Å². The Morgan fingerprint density at radius 1 is 0.882 bits per heavy atom. The molecule has 0 aliphatic rings. The van der Waals surface area contributed by atoms with Gasteiger partial charge in [-0.1, -0.05) is 77.5 Å². The van der Waals surface area contributed by atoms with Crippen LogP contribution in [0.25, 0.3) is 0 Å². The van der Waals surface area contributed by atoms with Crippen LogP contribution in [0.1, 0.15) is 30.5 Å². The molecule has 6 heteroatoms. The van der Waals surface area contributed by atoms with E-state index in [2.05, 4.69) is 28.2 Å². The highest BCUT2D eigenvalue weighted by Gasteiger charge is 2.30. The molecule has 0 bridgehead atoms. The van der Waals surface area contributed by atoms with Gasteiger partial charge in [-0.3, -0.25) is 9.59 Å². The van der Waals surface area contributed by atoms with Gasteiger partial charge in [0.25, 0.3) is 5.91 Å². The van der Waals surface area contributed by atoms with E-state index in [1.54, 1.807) is 4.90 Å². The van der Waals surface area contributed by atoms with Gasteiger partial charge in [0.15, 0.2) is 6.61 Å². The van der Waals surface area contributed by atoms with E-state index >= 15 is 0 Å². The van der Waals surface area contributed by atoms with E-state index in [1.165, 1.54) is 5.56 Å². The number of rotatable bonds is 11. The molecular formula is C28H31BrN2O3. The number of carbonyl (C=O) groups excluding carboxylic acids is 2. The molecule has 0 aliphatic heterocycles. The molecule has 1 N–H and O–H groups in total. The van der Waals surface area contributed by atoms with Crippen LogP contribution in [0.15, 0.2) is 83.3 Å². The lowest BCUT2D eigenvalue weighted by Crippen LogP contribution is -2.51. The predicted octanol–water partition coefficient (Wildman–Crippen LogP) is 5.17. The van der Waals surface area contributed by atoms with E-state index in [0.29, 0.717) is 25.3 Å². The van der Waals surface area contributed by atoms with Crippen LogP contribution in [0, 0.1) is 0 Å². The maximum Gasteiger partial charge on any atom is 0.261 e. The molecule has 34 heavy (non-hydrogen) atoms. The number of halogens is 1. The summed E-state index contributed by atoms with van der Waals surface area (Å²) in [7, 11) is 0. The summed E-state index contributed by atoms with van der Waals surface area (Å²) >= 11 is 3.45. The third-order valence-corrected chi connectivity index (χ3v) is 6.11. The van der Waals surface area contributed by atoms with Crippen LogP contribution in [0.2, 0.25) is 0 Å². The van der Waals surface area contributed by atoms with Gasteiger partial charge in [-0.25, -0.2) is 0 Å². The first kappa shape index (κ1) is 25.5. The first-order valence-corrected chi connectivity index (χ1v) is 12.4. The van der Waals surface area contributed by atoms with Crippen LogP contribution in [-0.2, 0) is 29.0 Å². The number of amides is 2. The lowest BCUT2D eigenvalue weighted by Gasteiger charge is -2.31. The Labute approximate surface area is 210 Å². The summed E-state index contributed by atoms with van der Waals surface area (Å²) in [4.78, 5) is 28.2. The number of carbonyl (C=O) groups is 2. The molecule has 0 aliphatic carbocycles. The van der Waals surface area contributed by atoms with Crippen LogP contribution in [0.3, 0.4) is 0 Å². The monoisotopic (exact) mass is 522 g/mol. The zero-order valence-electron chi connectivity index (χ0n) is 19.7. The predicted molar refractivity (Wildman–Crippen MR) is 139 cm³/mol.